The molecule has 0 unspecified atom stereocenters. The topological polar surface area (TPSA) is 61.9 Å². The summed E-state index contributed by atoms with van der Waals surface area (Å²) in [6.07, 6.45) is 0. The minimum atomic E-state index is -0.324. The van der Waals surface area contributed by atoms with Gasteiger partial charge in [-0.25, -0.2) is 0 Å². The zero-order chi connectivity index (χ0) is 19.2. The Morgan fingerprint density at radius 2 is 1.70 bits per heavy atom. The smallest absolute Gasteiger partial charge is 0.255 e. The molecule has 0 radical (unpaired) electrons. The van der Waals surface area contributed by atoms with Crippen molar-refractivity contribution in [3.63, 3.8) is 0 Å². The fourth-order valence-corrected chi connectivity index (χ4v) is 3.36. The molecule has 0 spiro atoms. The zero-order valence-corrected chi connectivity index (χ0v) is 15.9. The Balaban J connectivity index is 1.51. The average molecular weight is 388 g/mol. The number of anilines is 1. The number of halogens is 1. The first-order valence-electron chi connectivity index (χ1n) is 8.78. The Morgan fingerprint density at radius 3 is 2.41 bits per heavy atom. The maximum atomic E-state index is 12.4. The third kappa shape index (κ3) is 4.52. The predicted octanol–water partition coefficient (Wildman–Crippen LogP) is 2.43. The minimum Gasteiger partial charge on any atom is -0.496 e. The first-order valence-corrected chi connectivity index (χ1v) is 9.16. The zero-order valence-electron chi connectivity index (χ0n) is 15.2. The van der Waals surface area contributed by atoms with Gasteiger partial charge in [0.2, 0.25) is 5.91 Å². The highest BCUT2D eigenvalue weighted by atomic mass is 35.5. The molecule has 6 nitrogen and oxygen atoms in total. The van der Waals surface area contributed by atoms with Crippen molar-refractivity contribution in [2.75, 3.05) is 44.7 Å². The van der Waals surface area contributed by atoms with Crippen LogP contribution in [0.4, 0.5) is 5.69 Å². The van der Waals surface area contributed by atoms with Gasteiger partial charge in [-0.2, -0.15) is 0 Å². The summed E-state index contributed by atoms with van der Waals surface area (Å²) in [5, 5.41) is 3.39. The molecule has 0 bridgehead atoms. The summed E-state index contributed by atoms with van der Waals surface area (Å²) < 4.78 is 5.18. The van der Waals surface area contributed by atoms with Crippen LogP contribution >= 0.6 is 11.6 Å². The highest BCUT2D eigenvalue weighted by Gasteiger charge is 2.23. The van der Waals surface area contributed by atoms with Gasteiger partial charge in [-0.05, 0) is 24.3 Å². The Kier molecular flexibility index (Phi) is 6.19. The third-order valence-corrected chi connectivity index (χ3v) is 4.90. The number of ether oxygens (including phenoxy) is 1. The molecule has 0 aliphatic carbocycles. The monoisotopic (exact) mass is 387 g/mol. The van der Waals surface area contributed by atoms with Gasteiger partial charge in [0.15, 0.2) is 0 Å². The number of nitrogens with zero attached hydrogens (tertiary/aromatic N) is 2. The van der Waals surface area contributed by atoms with Crippen LogP contribution in [0.3, 0.4) is 0 Å². The van der Waals surface area contributed by atoms with Crippen molar-refractivity contribution in [2.24, 2.45) is 0 Å². The molecule has 3 rings (SSSR count). The number of carbonyl (C=O) groups is 2. The van der Waals surface area contributed by atoms with Crippen molar-refractivity contribution in [3.8, 4) is 5.75 Å². The molecular formula is C20H22ClN3O3. The average Bonchev–Trinajstić information content (AvgIpc) is 2.72. The van der Waals surface area contributed by atoms with Gasteiger partial charge in [0.25, 0.3) is 5.91 Å². The lowest BCUT2D eigenvalue weighted by atomic mass is 10.2. The number of hydrogen-bond acceptors (Lipinski definition) is 4. The van der Waals surface area contributed by atoms with Crippen LogP contribution in [0.2, 0.25) is 5.02 Å². The lowest BCUT2D eigenvalue weighted by molar-refractivity contribution is -0.130. The number of carbonyl (C=O) groups excluding carboxylic acids is 2. The number of rotatable bonds is 5. The number of amides is 2. The van der Waals surface area contributed by atoms with E-state index in [9.17, 15) is 9.59 Å². The van der Waals surface area contributed by atoms with Crippen molar-refractivity contribution in [1.82, 2.24) is 10.2 Å². The molecule has 2 amide bonds. The van der Waals surface area contributed by atoms with E-state index in [-0.39, 0.29) is 18.4 Å². The van der Waals surface area contributed by atoms with Crippen molar-refractivity contribution in [1.29, 1.82) is 0 Å². The van der Waals surface area contributed by atoms with Gasteiger partial charge in [-0.1, -0.05) is 35.9 Å². The van der Waals surface area contributed by atoms with E-state index in [2.05, 4.69) is 10.2 Å². The second-order valence-corrected chi connectivity index (χ2v) is 6.61. The Labute approximate surface area is 163 Å². The second kappa shape index (κ2) is 8.77. The highest BCUT2D eigenvalue weighted by Crippen LogP contribution is 2.26. The van der Waals surface area contributed by atoms with Crippen LogP contribution in [0, 0.1) is 0 Å². The van der Waals surface area contributed by atoms with Crippen LogP contribution in [0.5, 0.6) is 5.75 Å². The fourth-order valence-electron chi connectivity index (χ4n) is 3.10. The number of nitrogens with one attached hydrogen (secondary N) is 1. The number of methoxy groups -OCH3 is 1. The molecule has 1 heterocycles. The van der Waals surface area contributed by atoms with Gasteiger partial charge < -0.3 is 19.9 Å². The molecule has 2 aromatic rings. The summed E-state index contributed by atoms with van der Waals surface area (Å²) >= 11 is 6.24. The van der Waals surface area contributed by atoms with Gasteiger partial charge in [-0.15, -0.1) is 0 Å². The molecule has 1 fully saturated rings. The van der Waals surface area contributed by atoms with Crippen LogP contribution in [0.25, 0.3) is 0 Å². The van der Waals surface area contributed by atoms with E-state index >= 15 is 0 Å². The molecule has 0 atom stereocenters. The molecule has 142 valence electrons. The van der Waals surface area contributed by atoms with Crippen LogP contribution in [-0.2, 0) is 4.79 Å². The fraction of sp³-hybridized carbons (Fsp3) is 0.300. The molecule has 1 saturated heterocycles. The SMILES string of the molecule is COc1ccccc1C(=O)NCC(=O)N1CCN(c2ccccc2Cl)CC1. The van der Waals surface area contributed by atoms with Crippen LogP contribution in [0.15, 0.2) is 48.5 Å². The van der Waals surface area contributed by atoms with E-state index in [0.717, 1.165) is 5.69 Å². The van der Waals surface area contributed by atoms with E-state index in [1.54, 1.807) is 29.2 Å². The van der Waals surface area contributed by atoms with Gasteiger partial charge in [0, 0.05) is 26.2 Å². The largest absolute Gasteiger partial charge is 0.496 e. The van der Waals surface area contributed by atoms with Crippen molar-refractivity contribution >= 4 is 29.1 Å². The Hall–Kier alpha value is -2.73. The molecule has 7 heteroatoms. The van der Waals surface area contributed by atoms with E-state index in [4.69, 9.17) is 16.3 Å². The third-order valence-electron chi connectivity index (χ3n) is 4.58. The van der Waals surface area contributed by atoms with E-state index in [0.29, 0.717) is 42.5 Å². The van der Waals surface area contributed by atoms with E-state index in [1.807, 2.05) is 24.3 Å². The van der Waals surface area contributed by atoms with E-state index < -0.39 is 0 Å². The molecule has 1 aliphatic heterocycles. The van der Waals surface area contributed by atoms with Gasteiger partial charge in [0.05, 0.1) is 29.9 Å². The Morgan fingerprint density at radius 1 is 1.04 bits per heavy atom. The lowest BCUT2D eigenvalue weighted by Gasteiger charge is -2.36. The lowest BCUT2D eigenvalue weighted by Crippen LogP contribution is -2.51. The first kappa shape index (κ1) is 19.0. The summed E-state index contributed by atoms with van der Waals surface area (Å²) in [5.74, 6) is 0.0587. The number of hydrogen-bond donors (Lipinski definition) is 1. The van der Waals surface area contributed by atoms with Gasteiger partial charge in [-0.3, -0.25) is 9.59 Å². The maximum Gasteiger partial charge on any atom is 0.255 e. The summed E-state index contributed by atoms with van der Waals surface area (Å²) in [6.45, 7) is 2.55. The maximum absolute atomic E-state index is 12.4. The standard InChI is InChI=1S/C20H22ClN3O3/c1-27-18-9-5-2-6-15(18)20(26)22-14-19(25)24-12-10-23(11-13-24)17-8-4-3-7-16(17)21/h2-9H,10-14H2,1H3,(H,22,26). The van der Waals surface area contributed by atoms with Gasteiger partial charge >= 0.3 is 0 Å². The number of piperazine rings is 1. The van der Waals surface area contributed by atoms with Crippen LogP contribution in [-0.4, -0.2) is 56.5 Å². The normalized spacial score (nSPS) is 14.0. The molecule has 0 saturated carbocycles. The summed E-state index contributed by atoms with van der Waals surface area (Å²) in [5.41, 5.74) is 1.40. The molecular weight excluding hydrogens is 366 g/mol. The summed E-state index contributed by atoms with van der Waals surface area (Å²) in [6, 6.07) is 14.6. The quantitative estimate of drug-likeness (QED) is 0.856. The predicted molar refractivity (Wildman–Crippen MR) is 106 cm³/mol. The van der Waals surface area contributed by atoms with E-state index in [1.165, 1.54) is 7.11 Å². The molecule has 27 heavy (non-hydrogen) atoms. The van der Waals surface area contributed by atoms with Crippen LogP contribution in [0.1, 0.15) is 10.4 Å². The summed E-state index contributed by atoms with van der Waals surface area (Å²) in [7, 11) is 1.51. The number of benzene rings is 2. The highest BCUT2D eigenvalue weighted by molar-refractivity contribution is 6.33. The van der Waals surface area contributed by atoms with Gasteiger partial charge in [0.1, 0.15) is 5.75 Å². The van der Waals surface area contributed by atoms with Crippen molar-refractivity contribution < 1.29 is 14.3 Å². The minimum absolute atomic E-state index is 0.0387. The molecule has 1 N–H and O–H groups in total. The molecule has 2 aromatic carbocycles. The summed E-state index contributed by atoms with van der Waals surface area (Å²) in [4.78, 5) is 28.7. The van der Waals surface area contributed by atoms with Crippen molar-refractivity contribution in [2.45, 2.75) is 0 Å². The second-order valence-electron chi connectivity index (χ2n) is 6.20. The first-order chi connectivity index (χ1) is 13.1. The van der Waals surface area contributed by atoms with Crippen molar-refractivity contribution in [3.05, 3.63) is 59.1 Å². The van der Waals surface area contributed by atoms with Crippen LogP contribution < -0.4 is 15.0 Å². The number of para-hydroxylation sites is 2. The molecule has 0 aromatic heterocycles. The molecule has 1 aliphatic rings. The Bertz CT molecular complexity index is 820.